The Morgan fingerprint density at radius 1 is 1.25 bits per heavy atom. The number of nitrogens with zero attached hydrogens (tertiary/aromatic N) is 2. The van der Waals surface area contributed by atoms with Crippen LogP contribution in [-0.4, -0.2) is 54.7 Å². The summed E-state index contributed by atoms with van der Waals surface area (Å²) in [6.45, 7) is 3.71. The average molecular weight is 441 g/mol. The zero-order valence-corrected chi connectivity index (χ0v) is 17.8. The van der Waals surface area contributed by atoms with Crippen molar-refractivity contribution in [3.05, 3.63) is 53.3 Å². The molecule has 9 heteroatoms. The van der Waals surface area contributed by atoms with E-state index in [-0.39, 0.29) is 19.1 Å². The van der Waals surface area contributed by atoms with Gasteiger partial charge in [0.2, 0.25) is 5.91 Å². The summed E-state index contributed by atoms with van der Waals surface area (Å²) in [5.41, 5.74) is 3.85. The number of hydrogen-bond acceptors (Lipinski definition) is 6. The van der Waals surface area contributed by atoms with Crippen molar-refractivity contribution in [2.45, 2.75) is 32.5 Å². The molecule has 0 saturated carbocycles. The van der Waals surface area contributed by atoms with Gasteiger partial charge in [-0.1, -0.05) is 17.3 Å². The summed E-state index contributed by atoms with van der Waals surface area (Å²) < 4.78 is 20.1. The summed E-state index contributed by atoms with van der Waals surface area (Å²) in [6, 6.07) is 10.4. The van der Waals surface area contributed by atoms with Crippen molar-refractivity contribution in [1.82, 2.24) is 5.32 Å². The largest absolute Gasteiger partial charge is 0.442 e. The quantitative estimate of drug-likeness (QED) is 0.718. The number of cyclic esters (lactones) is 1. The van der Waals surface area contributed by atoms with Crippen molar-refractivity contribution in [1.29, 1.82) is 0 Å². The number of oxime groups is 1. The number of amides is 2. The SMILES string of the molecule is CC(=O)NCC1CN(c2ccc(-c3ccc(C4=NOC(CO)C4)c(F)c3)cc2C)C(=O)O1. The fourth-order valence-electron chi connectivity index (χ4n) is 3.83. The lowest BCUT2D eigenvalue weighted by Crippen LogP contribution is -2.33. The van der Waals surface area contributed by atoms with Gasteiger partial charge in [0.1, 0.15) is 11.9 Å². The smallest absolute Gasteiger partial charge is 0.414 e. The van der Waals surface area contributed by atoms with E-state index in [1.165, 1.54) is 17.9 Å². The Bertz CT molecular complexity index is 1090. The third kappa shape index (κ3) is 4.43. The van der Waals surface area contributed by atoms with Crippen LogP contribution in [0.1, 0.15) is 24.5 Å². The Labute approximate surface area is 184 Å². The minimum absolute atomic E-state index is 0.170. The van der Waals surface area contributed by atoms with Gasteiger partial charge in [-0.2, -0.15) is 0 Å². The van der Waals surface area contributed by atoms with Crippen LogP contribution in [0.3, 0.4) is 0 Å². The summed E-state index contributed by atoms with van der Waals surface area (Å²) >= 11 is 0. The summed E-state index contributed by atoms with van der Waals surface area (Å²) in [5, 5.41) is 15.7. The van der Waals surface area contributed by atoms with Gasteiger partial charge in [0.15, 0.2) is 6.10 Å². The highest BCUT2D eigenvalue weighted by Crippen LogP contribution is 2.31. The standard InChI is InChI=1S/C23H24FN3O5/c1-13-7-15(4-6-22(13)27-11-18(31-23(27)30)10-25-14(2)29)16-3-5-19(20(24)8-16)21-9-17(12-28)32-26-21/h3-8,17-18,28H,9-12H2,1-2H3,(H,25,29). The predicted molar refractivity (Wildman–Crippen MR) is 116 cm³/mol. The molecule has 0 spiro atoms. The Kier molecular flexibility index (Phi) is 6.09. The molecule has 2 aromatic rings. The molecule has 2 unspecified atom stereocenters. The van der Waals surface area contributed by atoms with E-state index >= 15 is 0 Å². The molecule has 0 bridgehead atoms. The Hall–Kier alpha value is -3.46. The first-order valence-electron chi connectivity index (χ1n) is 10.3. The number of halogens is 1. The number of aliphatic hydroxyl groups excluding tert-OH is 1. The summed E-state index contributed by atoms with van der Waals surface area (Å²) in [5.74, 6) is -0.604. The molecule has 32 heavy (non-hydrogen) atoms. The lowest BCUT2D eigenvalue weighted by atomic mass is 9.98. The zero-order chi connectivity index (χ0) is 22.8. The molecule has 4 rings (SSSR count). The third-order valence-corrected chi connectivity index (χ3v) is 5.49. The number of carbonyl (C=O) groups is 2. The molecule has 2 N–H and O–H groups in total. The predicted octanol–water partition coefficient (Wildman–Crippen LogP) is 2.75. The van der Waals surface area contributed by atoms with Gasteiger partial charge < -0.3 is 20.0 Å². The summed E-state index contributed by atoms with van der Waals surface area (Å²) in [6.07, 6.45) is -0.961. The number of aliphatic hydroxyl groups is 1. The molecule has 2 atom stereocenters. The maximum Gasteiger partial charge on any atom is 0.414 e. The lowest BCUT2D eigenvalue weighted by Gasteiger charge is -2.17. The van der Waals surface area contributed by atoms with E-state index in [0.717, 1.165) is 11.1 Å². The summed E-state index contributed by atoms with van der Waals surface area (Å²) in [4.78, 5) is 30.0. The van der Waals surface area contributed by atoms with Crippen LogP contribution in [0, 0.1) is 12.7 Å². The summed E-state index contributed by atoms with van der Waals surface area (Å²) in [7, 11) is 0. The van der Waals surface area contributed by atoms with Gasteiger partial charge in [0.05, 0.1) is 31.1 Å². The molecule has 8 nitrogen and oxygen atoms in total. The maximum atomic E-state index is 14.8. The normalized spacial score (nSPS) is 20.1. The van der Waals surface area contributed by atoms with Crippen LogP contribution in [0.15, 0.2) is 41.6 Å². The van der Waals surface area contributed by atoms with Crippen molar-refractivity contribution in [3.63, 3.8) is 0 Å². The van der Waals surface area contributed by atoms with Crippen molar-refractivity contribution in [2.24, 2.45) is 5.16 Å². The molecule has 1 saturated heterocycles. The molecule has 0 radical (unpaired) electrons. The minimum Gasteiger partial charge on any atom is -0.442 e. The zero-order valence-electron chi connectivity index (χ0n) is 17.8. The van der Waals surface area contributed by atoms with E-state index in [0.29, 0.717) is 35.5 Å². The van der Waals surface area contributed by atoms with Crippen LogP contribution in [0.5, 0.6) is 0 Å². The van der Waals surface area contributed by atoms with Gasteiger partial charge >= 0.3 is 6.09 Å². The Balaban J connectivity index is 1.51. The number of nitrogens with one attached hydrogen (secondary N) is 1. The number of carbonyl (C=O) groups excluding carboxylic acids is 2. The van der Waals surface area contributed by atoms with E-state index in [4.69, 9.17) is 14.7 Å². The number of hydrogen-bond donors (Lipinski definition) is 2. The molecule has 168 valence electrons. The van der Waals surface area contributed by atoms with Crippen molar-refractivity contribution < 1.29 is 28.7 Å². The first kappa shape index (κ1) is 21.8. The second-order valence-electron chi connectivity index (χ2n) is 7.90. The van der Waals surface area contributed by atoms with Crippen molar-refractivity contribution >= 4 is 23.4 Å². The van der Waals surface area contributed by atoms with Crippen LogP contribution in [0.4, 0.5) is 14.9 Å². The van der Waals surface area contributed by atoms with Crippen LogP contribution in [0.25, 0.3) is 11.1 Å². The highest BCUT2D eigenvalue weighted by Gasteiger charge is 2.33. The fourth-order valence-corrected chi connectivity index (χ4v) is 3.83. The number of rotatable bonds is 6. The van der Waals surface area contributed by atoms with Gasteiger partial charge in [0, 0.05) is 18.9 Å². The number of aryl methyl sites for hydroxylation is 1. The number of anilines is 1. The van der Waals surface area contributed by atoms with Crippen LogP contribution in [-0.2, 0) is 14.4 Å². The highest BCUT2D eigenvalue weighted by molar-refractivity contribution is 6.01. The highest BCUT2D eigenvalue weighted by atomic mass is 19.1. The molecule has 2 aromatic carbocycles. The van der Waals surface area contributed by atoms with Crippen molar-refractivity contribution in [2.75, 3.05) is 24.6 Å². The van der Waals surface area contributed by atoms with E-state index in [2.05, 4.69) is 10.5 Å². The molecular formula is C23H24FN3O5. The van der Waals surface area contributed by atoms with Crippen LogP contribution >= 0.6 is 0 Å². The molecule has 2 amide bonds. The van der Waals surface area contributed by atoms with Gasteiger partial charge in [-0.3, -0.25) is 9.69 Å². The number of benzene rings is 2. The lowest BCUT2D eigenvalue weighted by molar-refractivity contribution is -0.119. The maximum absolute atomic E-state index is 14.8. The van der Waals surface area contributed by atoms with E-state index in [1.54, 1.807) is 18.2 Å². The minimum atomic E-state index is -0.465. The monoisotopic (exact) mass is 441 g/mol. The van der Waals surface area contributed by atoms with E-state index < -0.39 is 24.1 Å². The molecule has 2 aliphatic heterocycles. The second kappa shape index (κ2) is 8.96. The number of ether oxygens (including phenoxy) is 1. The van der Waals surface area contributed by atoms with E-state index in [9.17, 15) is 14.0 Å². The first-order chi connectivity index (χ1) is 15.4. The van der Waals surface area contributed by atoms with Gasteiger partial charge in [-0.15, -0.1) is 0 Å². The second-order valence-corrected chi connectivity index (χ2v) is 7.90. The van der Waals surface area contributed by atoms with E-state index in [1.807, 2.05) is 19.1 Å². The van der Waals surface area contributed by atoms with Gasteiger partial charge in [-0.05, 0) is 47.9 Å². The topological polar surface area (TPSA) is 100 Å². The molecule has 1 fully saturated rings. The van der Waals surface area contributed by atoms with Crippen molar-refractivity contribution in [3.8, 4) is 11.1 Å². The average Bonchev–Trinajstić information content (AvgIpc) is 3.38. The molecule has 2 aliphatic rings. The van der Waals surface area contributed by atoms with Crippen LogP contribution in [0.2, 0.25) is 0 Å². The third-order valence-electron chi connectivity index (χ3n) is 5.49. The van der Waals surface area contributed by atoms with Gasteiger partial charge in [-0.25, -0.2) is 9.18 Å². The van der Waals surface area contributed by atoms with Gasteiger partial charge in [0.25, 0.3) is 0 Å². The Morgan fingerprint density at radius 3 is 2.66 bits per heavy atom. The molecule has 2 heterocycles. The first-order valence-corrected chi connectivity index (χ1v) is 10.3. The molecule has 0 aromatic heterocycles. The van der Waals surface area contributed by atoms with Crippen LogP contribution < -0.4 is 10.2 Å². The Morgan fingerprint density at radius 2 is 2.00 bits per heavy atom. The molecular weight excluding hydrogens is 417 g/mol. The molecule has 0 aliphatic carbocycles. The fraction of sp³-hybridized carbons (Fsp3) is 0.348.